The summed E-state index contributed by atoms with van der Waals surface area (Å²) in [6, 6.07) is 8.92. The molecule has 0 aliphatic carbocycles. The predicted molar refractivity (Wildman–Crippen MR) is 104 cm³/mol. The number of nitrogens with one attached hydrogen (secondary N) is 1. The summed E-state index contributed by atoms with van der Waals surface area (Å²) < 4.78 is 4.98. The number of esters is 1. The molecule has 1 aromatic carbocycles. The van der Waals surface area contributed by atoms with Gasteiger partial charge in [-0.3, -0.25) is 0 Å². The molecular formula is C18H21N5O2S. The van der Waals surface area contributed by atoms with Crippen LogP contribution < -0.4 is 10.2 Å². The van der Waals surface area contributed by atoms with Gasteiger partial charge in [-0.2, -0.15) is 0 Å². The Hall–Kier alpha value is -2.74. The summed E-state index contributed by atoms with van der Waals surface area (Å²) >= 11 is 5.51. The summed E-state index contributed by atoms with van der Waals surface area (Å²) in [5.74, 6) is 0.432. The number of hydrogen-bond acceptors (Lipinski definition) is 6. The van der Waals surface area contributed by atoms with Crippen molar-refractivity contribution in [2.24, 2.45) is 0 Å². The number of benzene rings is 1. The fraction of sp³-hybridized carbons (Fsp3) is 0.333. The van der Waals surface area contributed by atoms with E-state index in [1.807, 2.05) is 18.2 Å². The van der Waals surface area contributed by atoms with Gasteiger partial charge < -0.3 is 19.9 Å². The Morgan fingerprint density at radius 1 is 1.15 bits per heavy atom. The van der Waals surface area contributed by atoms with Crippen molar-refractivity contribution >= 4 is 34.9 Å². The monoisotopic (exact) mass is 371 g/mol. The average molecular weight is 371 g/mol. The van der Waals surface area contributed by atoms with E-state index in [9.17, 15) is 4.79 Å². The van der Waals surface area contributed by atoms with Crippen LogP contribution in [-0.2, 0) is 4.74 Å². The zero-order valence-electron chi connectivity index (χ0n) is 14.6. The molecule has 136 valence electrons. The lowest BCUT2D eigenvalue weighted by Gasteiger charge is -2.36. The minimum atomic E-state index is -0.319. The van der Waals surface area contributed by atoms with Gasteiger partial charge in [-0.1, -0.05) is 0 Å². The first-order valence-electron chi connectivity index (χ1n) is 8.52. The van der Waals surface area contributed by atoms with Gasteiger partial charge in [0.25, 0.3) is 0 Å². The van der Waals surface area contributed by atoms with E-state index >= 15 is 0 Å². The Morgan fingerprint density at radius 2 is 1.81 bits per heavy atom. The lowest BCUT2D eigenvalue weighted by atomic mass is 10.2. The molecule has 1 fully saturated rings. The fourth-order valence-corrected chi connectivity index (χ4v) is 2.97. The van der Waals surface area contributed by atoms with Gasteiger partial charge in [0.05, 0.1) is 12.2 Å². The molecule has 0 saturated carbocycles. The van der Waals surface area contributed by atoms with E-state index in [0.29, 0.717) is 17.3 Å². The zero-order valence-corrected chi connectivity index (χ0v) is 15.4. The molecule has 0 radical (unpaired) electrons. The topological polar surface area (TPSA) is 70.6 Å². The molecule has 0 bridgehead atoms. The second-order valence-electron chi connectivity index (χ2n) is 5.75. The maximum atomic E-state index is 11.7. The highest BCUT2D eigenvalue weighted by Crippen LogP contribution is 2.14. The summed E-state index contributed by atoms with van der Waals surface area (Å²) in [5, 5.41) is 3.89. The number of rotatable bonds is 4. The van der Waals surface area contributed by atoms with E-state index in [-0.39, 0.29) is 5.97 Å². The molecule has 1 saturated heterocycles. The first-order valence-corrected chi connectivity index (χ1v) is 8.93. The minimum absolute atomic E-state index is 0.319. The SMILES string of the molecule is CCOC(=O)c1ccc(NC(=S)N2CCN(c3ncccn3)CC2)cc1. The minimum Gasteiger partial charge on any atom is -0.462 e. The van der Waals surface area contributed by atoms with Gasteiger partial charge in [-0.15, -0.1) is 0 Å². The Bertz CT molecular complexity index is 746. The van der Waals surface area contributed by atoms with Crippen LogP contribution in [0.5, 0.6) is 0 Å². The van der Waals surface area contributed by atoms with Crippen LogP contribution in [0.2, 0.25) is 0 Å². The van der Waals surface area contributed by atoms with E-state index in [0.717, 1.165) is 37.8 Å². The third kappa shape index (κ3) is 4.45. The van der Waals surface area contributed by atoms with Gasteiger partial charge in [-0.05, 0) is 49.5 Å². The lowest BCUT2D eigenvalue weighted by molar-refractivity contribution is 0.0526. The highest BCUT2D eigenvalue weighted by atomic mass is 32.1. The molecule has 0 spiro atoms. The summed E-state index contributed by atoms with van der Waals surface area (Å²) in [5.41, 5.74) is 1.37. The Morgan fingerprint density at radius 3 is 2.42 bits per heavy atom. The van der Waals surface area contributed by atoms with Crippen LogP contribution >= 0.6 is 12.2 Å². The van der Waals surface area contributed by atoms with E-state index in [2.05, 4.69) is 25.1 Å². The van der Waals surface area contributed by atoms with Crippen molar-refractivity contribution in [3.63, 3.8) is 0 Å². The number of carbonyl (C=O) groups excluding carboxylic acids is 1. The van der Waals surface area contributed by atoms with Crippen LogP contribution in [0, 0.1) is 0 Å². The molecule has 1 N–H and O–H groups in total. The van der Waals surface area contributed by atoms with Crippen LogP contribution in [0.15, 0.2) is 42.7 Å². The Kier molecular flexibility index (Phi) is 5.96. The van der Waals surface area contributed by atoms with Crippen LogP contribution in [0.1, 0.15) is 17.3 Å². The van der Waals surface area contributed by atoms with Crippen LogP contribution in [0.3, 0.4) is 0 Å². The standard InChI is InChI=1S/C18H21N5O2S/c1-2-25-16(24)14-4-6-15(7-5-14)21-18(26)23-12-10-22(11-13-23)17-19-8-3-9-20-17/h3-9H,2,10-13H2,1H3,(H,21,26). The maximum absolute atomic E-state index is 11.7. The molecule has 2 aromatic rings. The second-order valence-corrected chi connectivity index (χ2v) is 6.14. The molecule has 0 atom stereocenters. The predicted octanol–water partition coefficient (Wildman–Crippen LogP) is 2.17. The Labute approximate surface area is 158 Å². The number of ether oxygens (including phenoxy) is 1. The highest BCUT2D eigenvalue weighted by Gasteiger charge is 2.20. The number of anilines is 2. The molecule has 0 unspecified atom stereocenters. The first-order chi connectivity index (χ1) is 12.7. The van der Waals surface area contributed by atoms with Gasteiger partial charge in [-0.25, -0.2) is 14.8 Å². The molecule has 1 aliphatic heterocycles. The van der Waals surface area contributed by atoms with Gasteiger partial charge in [0.15, 0.2) is 5.11 Å². The third-order valence-electron chi connectivity index (χ3n) is 4.05. The smallest absolute Gasteiger partial charge is 0.338 e. The van der Waals surface area contributed by atoms with E-state index in [1.165, 1.54) is 0 Å². The van der Waals surface area contributed by atoms with Crippen molar-refractivity contribution in [3.05, 3.63) is 48.3 Å². The van der Waals surface area contributed by atoms with Crippen molar-refractivity contribution in [2.45, 2.75) is 6.92 Å². The summed E-state index contributed by atoms with van der Waals surface area (Å²) in [6.07, 6.45) is 3.50. The van der Waals surface area contributed by atoms with E-state index in [4.69, 9.17) is 17.0 Å². The molecule has 1 aromatic heterocycles. The summed E-state index contributed by atoms with van der Waals surface area (Å²) in [7, 11) is 0. The molecule has 26 heavy (non-hydrogen) atoms. The summed E-state index contributed by atoms with van der Waals surface area (Å²) in [6.45, 7) is 5.37. The lowest BCUT2D eigenvalue weighted by Crippen LogP contribution is -2.50. The first kappa shape index (κ1) is 18.1. The fourth-order valence-electron chi connectivity index (χ4n) is 2.67. The van der Waals surface area contributed by atoms with Gasteiger partial charge in [0, 0.05) is 44.3 Å². The molecular weight excluding hydrogens is 350 g/mol. The van der Waals surface area contributed by atoms with Gasteiger partial charge in [0.2, 0.25) is 5.95 Å². The molecule has 0 amide bonds. The normalized spacial score (nSPS) is 14.0. The quantitative estimate of drug-likeness (QED) is 0.648. The van der Waals surface area contributed by atoms with Crippen molar-refractivity contribution in [3.8, 4) is 0 Å². The maximum Gasteiger partial charge on any atom is 0.338 e. The summed E-state index contributed by atoms with van der Waals surface area (Å²) in [4.78, 5) is 24.5. The zero-order chi connectivity index (χ0) is 18.4. The molecule has 1 aliphatic rings. The average Bonchev–Trinajstić information content (AvgIpc) is 2.69. The largest absolute Gasteiger partial charge is 0.462 e. The molecule has 3 rings (SSSR count). The van der Waals surface area contributed by atoms with Crippen molar-refractivity contribution in [1.82, 2.24) is 14.9 Å². The Balaban J connectivity index is 1.52. The number of carbonyl (C=O) groups is 1. The van der Waals surface area contributed by atoms with Crippen molar-refractivity contribution in [1.29, 1.82) is 0 Å². The van der Waals surface area contributed by atoms with Crippen LogP contribution in [-0.4, -0.2) is 58.7 Å². The molecule has 2 heterocycles. The third-order valence-corrected chi connectivity index (χ3v) is 4.41. The number of aromatic nitrogens is 2. The van der Waals surface area contributed by atoms with Gasteiger partial charge in [0.1, 0.15) is 0 Å². The van der Waals surface area contributed by atoms with Crippen LogP contribution in [0.25, 0.3) is 0 Å². The highest BCUT2D eigenvalue weighted by molar-refractivity contribution is 7.80. The van der Waals surface area contributed by atoms with Crippen molar-refractivity contribution in [2.75, 3.05) is 43.0 Å². The molecule has 7 nitrogen and oxygen atoms in total. The number of nitrogens with zero attached hydrogens (tertiary/aromatic N) is 4. The number of piperazine rings is 1. The second kappa shape index (κ2) is 8.57. The molecule has 8 heteroatoms. The number of thiocarbonyl (C=S) groups is 1. The van der Waals surface area contributed by atoms with E-state index in [1.54, 1.807) is 31.5 Å². The van der Waals surface area contributed by atoms with Gasteiger partial charge >= 0.3 is 5.97 Å². The van der Waals surface area contributed by atoms with E-state index < -0.39 is 0 Å². The number of hydrogen-bond donors (Lipinski definition) is 1. The van der Waals surface area contributed by atoms with Crippen LogP contribution in [0.4, 0.5) is 11.6 Å². The van der Waals surface area contributed by atoms with Crippen molar-refractivity contribution < 1.29 is 9.53 Å².